The second-order valence-corrected chi connectivity index (χ2v) is 7.21. The Bertz CT molecular complexity index is 988. The molecule has 2 aromatic carbocycles. The van der Waals surface area contributed by atoms with Crippen LogP contribution in [0.4, 0.5) is 11.4 Å². The van der Waals surface area contributed by atoms with Gasteiger partial charge >= 0.3 is 0 Å². The molecule has 0 fully saturated rings. The third kappa shape index (κ3) is 3.78. The van der Waals surface area contributed by atoms with Crippen molar-refractivity contribution in [3.05, 3.63) is 60.9 Å². The normalized spacial score (nSPS) is 10.8. The number of nitrogens with one attached hydrogen (secondary N) is 1. The number of methoxy groups -OCH3 is 1. The summed E-state index contributed by atoms with van der Waals surface area (Å²) in [4.78, 5) is 19.4. The van der Waals surface area contributed by atoms with Crippen LogP contribution in [0.15, 0.2) is 39.3 Å². The van der Waals surface area contributed by atoms with Crippen molar-refractivity contribution in [1.82, 2.24) is 9.97 Å². The number of hydrogen-bond acceptors (Lipinski definition) is 6. The summed E-state index contributed by atoms with van der Waals surface area (Å²) in [5.41, 5.74) is 2.23. The van der Waals surface area contributed by atoms with Crippen molar-refractivity contribution < 1.29 is 9.66 Å². The Kier molecular flexibility index (Phi) is 5.38. The van der Waals surface area contributed by atoms with Gasteiger partial charge in [-0.15, -0.1) is 0 Å². The van der Waals surface area contributed by atoms with E-state index in [-0.39, 0.29) is 5.69 Å². The number of halogens is 2. The third-order valence-electron chi connectivity index (χ3n) is 3.74. The summed E-state index contributed by atoms with van der Waals surface area (Å²) >= 11 is 6.93. The maximum atomic E-state index is 11.1. The molecule has 0 radical (unpaired) electrons. The van der Waals surface area contributed by atoms with Crippen LogP contribution in [0.25, 0.3) is 10.9 Å². The Hall–Kier alpha value is -2.26. The summed E-state index contributed by atoms with van der Waals surface area (Å²) in [6.45, 7) is 2.19. The van der Waals surface area contributed by atoms with Gasteiger partial charge in [-0.1, -0.05) is 0 Å². The first kappa shape index (κ1) is 18.5. The lowest BCUT2D eigenvalue weighted by Crippen LogP contribution is -2.05. The first-order valence-electron chi connectivity index (χ1n) is 7.57. The molecule has 0 aliphatic carbocycles. The van der Waals surface area contributed by atoms with Gasteiger partial charge in [0.2, 0.25) is 0 Å². The highest BCUT2D eigenvalue weighted by Gasteiger charge is 2.13. The maximum Gasteiger partial charge on any atom is 0.270 e. The molecule has 0 unspecified atom stereocenters. The fourth-order valence-electron chi connectivity index (χ4n) is 2.60. The van der Waals surface area contributed by atoms with Crippen LogP contribution in [-0.4, -0.2) is 22.0 Å². The quantitative estimate of drug-likeness (QED) is 0.407. The minimum atomic E-state index is -0.422. The Morgan fingerprint density at radius 2 is 1.88 bits per heavy atom. The van der Waals surface area contributed by atoms with Gasteiger partial charge in [-0.25, -0.2) is 9.97 Å². The van der Waals surface area contributed by atoms with E-state index in [2.05, 4.69) is 47.1 Å². The molecule has 1 heterocycles. The van der Waals surface area contributed by atoms with Gasteiger partial charge in [0.25, 0.3) is 5.69 Å². The fraction of sp³-hybridized carbons (Fsp3) is 0.176. The van der Waals surface area contributed by atoms with Crippen LogP contribution in [0.5, 0.6) is 5.75 Å². The molecule has 1 N–H and O–H groups in total. The highest BCUT2D eigenvalue weighted by atomic mass is 79.9. The summed E-state index contributed by atoms with van der Waals surface area (Å²) in [7, 11) is 1.60. The molecule has 9 heteroatoms. The van der Waals surface area contributed by atoms with Gasteiger partial charge in [0, 0.05) is 23.2 Å². The number of nitro benzene ring substituents is 1. The number of hydrogen-bond donors (Lipinski definition) is 1. The monoisotopic (exact) mass is 480 g/mol. The smallest absolute Gasteiger partial charge is 0.270 e. The first-order valence-corrected chi connectivity index (χ1v) is 9.16. The number of ether oxygens (including phenoxy) is 1. The van der Waals surface area contributed by atoms with E-state index in [9.17, 15) is 10.1 Å². The van der Waals surface area contributed by atoms with Gasteiger partial charge in [-0.3, -0.25) is 10.1 Å². The summed E-state index contributed by atoms with van der Waals surface area (Å²) in [6.07, 6.45) is 0. The molecule has 3 aromatic rings. The molecule has 0 bridgehead atoms. The average molecular weight is 482 g/mol. The molecule has 0 aliphatic heterocycles. The molecule has 0 saturated heterocycles. The van der Waals surface area contributed by atoms with Crippen LogP contribution in [-0.2, 0) is 6.54 Å². The first-order chi connectivity index (χ1) is 12.4. The van der Waals surface area contributed by atoms with Gasteiger partial charge in [0.1, 0.15) is 11.6 Å². The Labute approximate surface area is 166 Å². The minimum Gasteiger partial charge on any atom is -0.494 e. The largest absolute Gasteiger partial charge is 0.494 e. The summed E-state index contributed by atoms with van der Waals surface area (Å²) in [5, 5.41) is 15.0. The highest BCUT2D eigenvalue weighted by molar-refractivity contribution is 9.11. The number of nitro groups is 1. The molecule has 26 heavy (non-hydrogen) atoms. The van der Waals surface area contributed by atoms with Gasteiger partial charge in [0.05, 0.1) is 38.7 Å². The van der Waals surface area contributed by atoms with Gasteiger partial charge < -0.3 is 10.1 Å². The molecule has 0 spiro atoms. The molecule has 0 atom stereocenters. The number of benzene rings is 2. The Morgan fingerprint density at radius 3 is 2.50 bits per heavy atom. The summed E-state index contributed by atoms with van der Waals surface area (Å²) in [6, 6.07) is 8.38. The zero-order valence-corrected chi connectivity index (χ0v) is 17.1. The standard InChI is InChI=1S/C17H14Br2N4O3/c1-9-21-15-4-3-11(23(24)25)7-12(15)16(22-9)8-20-10-5-13(18)17(26-2)14(19)6-10/h3-7,20H,8H2,1-2H3. The van der Waals surface area contributed by atoms with Crippen molar-refractivity contribution in [3.8, 4) is 5.75 Å². The van der Waals surface area contributed by atoms with E-state index in [4.69, 9.17) is 4.74 Å². The van der Waals surface area contributed by atoms with Crippen LogP contribution in [0.3, 0.4) is 0 Å². The van der Waals surface area contributed by atoms with Crippen molar-refractivity contribution in [2.24, 2.45) is 0 Å². The van der Waals surface area contributed by atoms with E-state index in [0.29, 0.717) is 34.7 Å². The lowest BCUT2D eigenvalue weighted by Gasteiger charge is -2.12. The zero-order valence-electron chi connectivity index (χ0n) is 13.9. The summed E-state index contributed by atoms with van der Waals surface area (Å²) in [5.74, 6) is 1.31. The lowest BCUT2D eigenvalue weighted by molar-refractivity contribution is -0.384. The number of aryl methyl sites for hydroxylation is 1. The van der Waals surface area contributed by atoms with Crippen LogP contribution in [0, 0.1) is 17.0 Å². The molecule has 0 amide bonds. The van der Waals surface area contributed by atoms with E-state index < -0.39 is 4.92 Å². The van der Waals surface area contributed by atoms with Gasteiger partial charge in [-0.05, 0) is 57.0 Å². The molecule has 3 rings (SSSR count). The Morgan fingerprint density at radius 1 is 1.19 bits per heavy atom. The molecule has 0 saturated carbocycles. The van der Waals surface area contributed by atoms with E-state index in [1.165, 1.54) is 12.1 Å². The molecular weight excluding hydrogens is 468 g/mol. The number of anilines is 1. The molecule has 7 nitrogen and oxygen atoms in total. The minimum absolute atomic E-state index is 0.0149. The van der Waals surface area contributed by atoms with Crippen molar-refractivity contribution >= 4 is 54.1 Å². The van der Waals surface area contributed by atoms with Crippen LogP contribution >= 0.6 is 31.9 Å². The van der Waals surface area contributed by atoms with Crippen LogP contribution in [0.2, 0.25) is 0 Å². The van der Waals surface area contributed by atoms with E-state index >= 15 is 0 Å². The SMILES string of the molecule is COc1c(Br)cc(NCc2nc(C)nc3ccc([N+](=O)[O-])cc23)cc1Br. The molecular formula is C17H14Br2N4O3. The number of non-ortho nitro benzene ring substituents is 1. The maximum absolute atomic E-state index is 11.1. The van der Waals surface area contributed by atoms with Crippen molar-refractivity contribution in [2.75, 3.05) is 12.4 Å². The predicted octanol–water partition coefficient (Wildman–Crippen LogP) is 4.99. The van der Waals surface area contributed by atoms with E-state index in [1.807, 2.05) is 12.1 Å². The molecule has 1 aromatic heterocycles. The second kappa shape index (κ2) is 7.55. The average Bonchev–Trinajstić information content (AvgIpc) is 2.58. The van der Waals surface area contributed by atoms with E-state index in [0.717, 1.165) is 14.6 Å². The predicted molar refractivity (Wildman–Crippen MR) is 107 cm³/mol. The van der Waals surface area contributed by atoms with Crippen LogP contribution in [0.1, 0.15) is 11.5 Å². The van der Waals surface area contributed by atoms with Crippen molar-refractivity contribution in [2.45, 2.75) is 13.5 Å². The van der Waals surface area contributed by atoms with Gasteiger partial charge in [-0.2, -0.15) is 0 Å². The Balaban J connectivity index is 1.95. The fourth-order valence-corrected chi connectivity index (χ4v) is 4.11. The van der Waals surface area contributed by atoms with Crippen molar-refractivity contribution in [3.63, 3.8) is 0 Å². The zero-order chi connectivity index (χ0) is 18.8. The number of aromatic nitrogens is 2. The lowest BCUT2D eigenvalue weighted by atomic mass is 10.1. The molecule has 134 valence electrons. The van der Waals surface area contributed by atoms with E-state index in [1.54, 1.807) is 20.1 Å². The summed E-state index contributed by atoms with van der Waals surface area (Å²) < 4.78 is 6.90. The van der Waals surface area contributed by atoms with Crippen molar-refractivity contribution in [1.29, 1.82) is 0 Å². The highest BCUT2D eigenvalue weighted by Crippen LogP contribution is 2.36. The number of nitrogens with zero attached hydrogens (tertiary/aromatic N) is 3. The van der Waals surface area contributed by atoms with Gasteiger partial charge in [0.15, 0.2) is 0 Å². The topological polar surface area (TPSA) is 90.2 Å². The third-order valence-corrected chi connectivity index (χ3v) is 4.92. The van der Waals surface area contributed by atoms with Crippen LogP contribution < -0.4 is 10.1 Å². The molecule has 0 aliphatic rings. The number of rotatable bonds is 5. The number of fused-ring (bicyclic) bond motifs is 1. The second-order valence-electron chi connectivity index (χ2n) is 5.50.